The molecule has 1 amide bonds. The maximum atomic E-state index is 12.7. The molecule has 1 heterocycles. The van der Waals surface area contributed by atoms with Crippen molar-refractivity contribution < 1.29 is 19.1 Å². The minimum atomic E-state index is -0.931. The van der Waals surface area contributed by atoms with Crippen LogP contribution in [0.3, 0.4) is 0 Å². The summed E-state index contributed by atoms with van der Waals surface area (Å²) < 4.78 is 5.19. The van der Waals surface area contributed by atoms with Crippen LogP contribution in [0.5, 0.6) is 0 Å². The first-order valence-corrected chi connectivity index (χ1v) is 11.3. The average Bonchev–Trinajstić information content (AvgIpc) is 3.25. The smallest absolute Gasteiger partial charge is 0.353 e. The monoisotopic (exact) mass is 463 g/mol. The molecule has 0 fully saturated rings. The molecule has 0 aliphatic heterocycles. The molecule has 0 aliphatic rings. The number of ketones is 1. The van der Waals surface area contributed by atoms with Gasteiger partial charge in [0.2, 0.25) is 5.91 Å². The number of hydrogen-bond donors (Lipinski definition) is 2. The molecule has 2 aromatic carbocycles. The molecule has 0 saturated carbocycles. The first kappa shape index (κ1) is 24.0. The van der Waals surface area contributed by atoms with E-state index >= 15 is 0 Å². The normalized spacial score (nSPS) is 11.5. The SMILES string of the molecule is CCC(C(=N)C(=O)OCc1ccccc1)C(=O)Nc1ncc(Cc2ccc(C(C)=O)cc2)s1. The number of Topliss-reactive ketones (excluding diaryl/α,β-unsaturated/α-hetero) is 1. The van der Waals surface area contributed by atoms with E-state index in [-0.39, 0.29) is 24.5 Å². The fraction of sp³-hybridized carbons (Fsp3) is 0.240. The van der Waals surface area contributed by atoms with Crippen LogP contribution in [0.2, 0.25) is 0 Å². The van der Waals surface area contributed by atoms with Crippen LogP contribution >= 0.6 is 11.3 Å². The highest BCUT2D eigenvalue weighted by atomic mass is 32.1. The van der Waals surface area contributed by atoms with Crippen LogP contribution in [0.25, 0.3) is 0 Å². The highest BCUT2D eigenvalue weighted by Crippen LogP contribution is 2.23. The zero-order chi connectivity index (χ0) is 23.8. The summed E-state index contributed by atoms with van der Waals surface area (Å²) in [4.78, 5) is 41.6. The third-order valence-corrected chi connectivity index (χ3v) is 5.94. The summed E-state index contributed by atoms with van der Waals surface area (Å²) in [6.07, 6.45) is 2.58. The van der Waals surface area contributed by atoms with E-state index in [1.54, 1.807) is 25.3 Å². The first-order valence-electron chi connectivity index (χ1n) is 10.5. The van der Waals surface area contributed by atoms with Gasteiger partial charge < -0.3 is 10.1 Å². The van der Waals surface area contributed by atoms with Crippen LogP contribution in [-0.2, 0) is 27.4 Å². The molecule has 0 saturated heterocycles. The molecule has 0 aliphatic carbocycles. The summed E-state index contributed by atoms with van der Waals surface area (Å²) in [7, 11) is 0. The molecule has 1 unspecified atom stereocenters. The molecule has 1 aromatic heterocycles. The van der Waals surface area contributed by atoms with Crippen LogP contribution in [0, 0.1) is 11.3 Å². The maximum absolute atomic E-state index is 12.7. The van der Waals surface area contributed by atoms with E-state index in [0.29, 0.717) is 17.1 Å². The summed E-state index contributed by atoms with van der Waals surface area (Å²) in [6, 6.07) is 16.5. The van der Waals surface area contributed by atoms with Crippen LogP contribution in [0.1, 0.15) is 46.6 Å². The van der Waals surface area contributed by atoms with Crippen molar-refractivity contribution in [1.82, 2.24) is 4.98 Å². The van der Waals surface area contributed by atoms with Gasteiger partial charge in [0.1, 0.15) is 12.3 Å². The van der Waals surface area contributed by atoms with E-state index in [9.17, 15) is 14.4 Å². The predicted octanol–water partition coefficient (Wildman–Crippen LogP) is 4.66. The lowest BCUT2D eigenvalue weighted by molar-refractivity contribution is -0.137. The molecule has 8 heteroatoms. The van der Waals surface area contributed by atoms with Crippen LogP contribution in [-0.4, -0.2) is 28.4 Å². The number of aromatic nitrogens is 1. The molecule has 7 nitrogen and oxygen atoms in total. The van der Waals surface area contributed by atoms with Crippen molar-refractivity contribution in [2.24, 2.45) is 5.92 Å². The van der Waals surface area contributed by atoms with Crippen molar-refractivity contribution in [2.45, 2.75) is 33.3 Å². The molecule has 1 atom stereocenters. The Balaban J connectivity index is 1.56. The zero-order valence-electron chi connectivity index (χ0n) is 18.5. The van der Waals surface area contributed by atoms with Crippen LogP contribution in [0.15, 0.2) is 60.8 Å². The lowest BCUT2D eigenvalue weighted by Gasteiger charge is -2.14. The molecular weight excluding hydrogens is 438 g/mol. The van der Waals surface area contributed by atoms with Gasteiger partial charge in [-0.3, -0.25) is 15.0 Å². The summed E-state index contributed by atoms with van der Waals surface area (Å²) in [5.74, 6) is -2.19. The number of rotatable bonds is 10. The fourth-order valence-corrected chi connectivity index (χ4v) is 4.01. The van der Waals surface area contributed by atoms with Crippen molar-refractivity contribution >= 4 is 39.8 Å². The summed E-state index contributed by atoms with van der Waals surface area (Å²) in [5, 5.41) is 11.2. The number of amides is 1. The maximum Gasteiger partial charge on any atom is 0.353 e. The number of ether oxygens (including phenoxy) is 1. The van der Waals surface area contributed by atoms with Gasteiger partial charge in [-0.05, 0) is 24.5 Å². The number of carbonyl (C=O) groups is 3. The van der Waals surface area contributed by atoms with E-state index in [2.05, 4.69) is 10.3 Å². The molecule has 3 rings (SSSR count). The van der Waals surface area contributed by atoms with Gasteiger partial charge >= 0.3 is 5.97 Å². The second-order valence-electron chi connectivity index (χ2n) is 7.49. The van der Waals surface area contributed by atoms with Gasteiger partial charge in [-0.15, -0.1) is 11.3 Å². The number of thiazole rings is 1. The van der Waals surface area contributed by atoms with E-state index in [1.807, 2.05) is 42.5 Å². The molecule has 3 aromatic rings. The van der Waals surface area contributed by atoms with E-state index < -0.39 is 17.8 Å². The van der Waals surface area contributed by atoms with E-state index in [1.165, 1.54) is 18.3 Å². The van der Waals surface area contributed by atoms with Gasteiger partial charge in [0, 0.05) is 23.1 Å². The van der Waals surface area contributed by atoms with Gasteiger partial charge in [0.25, 0.3) is 0 Å². The Morgan fingerprint density at radius 2 is 1.76 bits per heavy atom. The minimum Gasteiger partial charge on any atom is -0.456 e. The summed E-state index contributed by atoms with van der Waals surface area (Å²) in [5.41, 5.74) is 2.11. The molecule has 170 valence electrons. The number of carbonyl (C=O) groups excluding carboxylic acids is 3. The van der Waals surface area contributed by atoms with Crippen molar-refractivity contribution in [3.8, 4) is 0 Å². The van der Waals surface area contributed by atoms with Gasteiger partial charge in [0.15, 0.2) is 10.9 Å². The van der Waals surface area contributed by atoms with Crippen molar-refractivity contribution in [2.75, 3.05) is 5.32 Å². The highest BCUT2D eigenvalue weighted by molar-refractivity contribution is 7.15. The lowest BCUT2D eigenvalue weighted by Crippen LogP contribution is -2.34. The van der Waals surface area contributed by atoms with Gasteiger partial charge in [0.05, 0.1) is 5.92 Å². The number of nitrogens with one attached hydrogen (secondary N) is 2. The largest absolute Gasteiger partial charge is 0.456 e. The Hall–Kier alpha value is -3.65. The van der Waals surface area contributed by atoms with Gasteiger partial charge in [-0.2, -0.15) is 0 Å². The van der Waals surface area contributed by atoms with Gasteiger partial charge in [-0.25, -0.2) is 9.78 Å². The molecular formula is C25H25N3O4S. The molecule has 33 heavy (non-hydrogen) atoms. The number of hydrogen-bond acceptors (Lipinski definition) is 7. The Morgan fingerprint density at radius 1 is 1.06 bits per heavy atom. The minimum absolute atomic E-state index is 0.0179. The third-order valence-electron chi connectivity index (χ3n) is 5.03. The van der Waals surface area contributed by atoms with Crippen molar-refractivity contribution in [3.05, 3.63) is 82.4 Å². The predicted molar refractivity (Wildman–Crippen MR) is 128 cm³/mol. The molecule has 0 spiro atoms. The molecule has 0 bridgehead atoms. The van der Waals surface area contributed by atoms with E-state index in [4.69, 9.17) is 10.1 Å². The zero-order valence-corrected chi connectivity index (χ0v) is 19.3. The number of anilines is 1. The molecule has 2 N–H and O–H groups in total. The van der Waals surface area contributed by atoms with Crippen LogP contribution in [0.4, 0.5) is 5.13 Å². The second kappa shape index (κ2) is 11.3. The van der Waals surface area contributed by atoms with Crippen LogP contribution < -0.4 is 5.32 Å². The molecule has 0 radical (unpaired) electrons. The van der Waals surface area contributed by atoms with E-state index in [0.717, 1.165) is 16.0 Å². The van der Waals surface area contributed by atoms with Crippen molar-refractivity contribution in [3.63, 3.8) is 0 Å². The lowest BCUT2D eigenvalue weighted by atomic mass is 9.99. The summed E-state index contributed by atoms with van der Waals surface area (Å²) >= 11 is 1.33. The fourth-order valence-electron chi connectivity index (χ4n) is 3.16. The Kier molecular flexibility index (Phi) is 8.21. The first-order chi connectivity index (χ1) is 15.9. The Labute approximate surface area is 196 Å². The summed E-state index contributed by atoms with van der Waals surface area (Å²) in [6.45, 7) is 3.31. The number of nitrogens with zero attached hydrogens (tertiary/aromatic N) is 1. The average molecular weight is 464 g/mol. The standard InChI is InChI=1S/C25H25N3O4S/c1-3-21(22(26)24(31)32-15-18-7-5-4-6-8-18)23(30)28-25-27-14-20(33-25)13-17-9-11-19(12-10-17)16(2)29/h4-12,14,21,26H,3,13,15H2,1-2H3,(H,27,28,30). The topological polar surface area (TPSA) is 109 Å². The third kappa shape index (κ3) is 6.66. The highest BCUT2D eigenvalue weighted by Gasteiger charge is 2.28. The van der Waals surface area contributed by atoms with Crippen molar-refractivity contribution in [1.29, 1.82) is 5.41 Å². The number of esters is 1. The Bertz CT molecular complexity index is 1140. The van der Waals surface area contributed by atoms with Gasteiger partial charge in [-0.1, -0.05) is 61.5 Å². The second-order valence-corrected chi connectivity index (χ2v) is 8.60. The number of benzene rings is 2. The quantitative estimate of drug-likeness (QED) is 0.258. The Morgan fingerprint density at radius 3 is 2.39 bits per heavy atom.